The minimum atomic E-state index is 0. The monoisotopic (exact) mass is 494 g/mol. The van der Waals surface area contributed by atoms with E-state index in [4.69, 9.17) is 0 Å². The van der Waals surface area contributed by atoms with E-state index in [1.807, 2.05) is 6.07 Å². The van der Waals surface area contributed by atoms with E-state index in [-0.39, 0.29) is 32.2 Å². The topological polar surface area (TPSA) is 0 Å². The summed E-state index contributed by atoms with van der Waals surface area (Å²) in [5, 5.41) is 5.46. The summed E-state index contributed by atoms with van der Waals surface area (Å²) in [5.74, 6) is 0. The van der Waals surface area contributed by atoms with Crippen LogP contribution < -0.4 is 24.8 Å². The molecule has 4 aromatic carbocycles. The van der Waals surface area contributed by atoms with Gasteiger partial charge in [0, 0.05) is 0 Å². The molecule has 0 spiro atoms. The van der Waals surface area contributed by atoms with Gasteiger partial charge in [0.25, 0.3) is 0 Å². The van der Waals surface area contributed by atoms with E-state index in [2.05, 4.69) is 94.7 Å². The van der Waals surface area contributed by atoms with Crippen molar-refractivity contribution >= 4 is 30.8 Å². The Morgan fingerprint density at radius 3 is 2.14 bits per heavy atom. The van der Waals surface area contributed by atoms with Gasteiger partial charge in [-0.2, -0.15) is 0 Å². The number of benzene rings is 3. The van der Waals surface area contributed by atoms with E-state index in [9.17, 15) is 0 Å². The van der Waals surface area contributed by atoms with Gasteiger partial charge in [-0.25, -0.2) is 0 Å². The molecule has 1 aliphatic carbocycles. The van der Waals surface area contributed by atoms with Gasteiger partial charge in [0.15, 0.2) is 0 Å². The average Bonchev–Trinajstić information content (AvgIpc) is 3.37. The molecule has 5 rings (SSSR count). The molecule has 146 valence electrons. The van der Waals surface area contributed by atoms with Crippen molar-refractivity contribution in [1.29, 1.82) is 0 Å². The van der Waals surface area contributed by atoms with Crippen LogP contribution in [-0.4, -0.2) is 3.71 Å². The quantitative estimate of drug-likeness (QED) is 0.362. The van der Waals surface area contributed by atoms with Gasteiger partial charge in [0.1, 0.15) is 0 Å². The second kappa shape index (κ2) is 12.1. The van der Waals surface area contributed by atoms with Crippen molar-refractivity contribution in [2.75, 3.05) is 0 Å². The molecule has 0 heterocycles. The second-order valence-corrected chi connectivity index (χ2v) is 7.09. The Hall–Kier alpha value is -1.66. The van der Waals surface area contributed by atoms with Gasteiger partial charge in [-0.1, -0.05) is 65.8 Å². The summed E-state index contributed by atoms with van der Waals surface area (Å²) >= 11 is 1.46. The SMILES string of the molecule is C1=CCC(c2cccc3c2[cH-]c2ccccc23)=C1.[CH3-].[Cl-].[Cl-].[Zr+2]=[CH]c1ccccc1. The third-order valence-electron chi connectivity index (χ3n) is 4.74. The van der Waals surface area contributed by atoms with E-state index in [1.54, 1.807) is 0 Å². The van der Waals surface area contributed by atoms with E-state index >= 15 is 0 Å². The van der Waals surface area contributed by atoms with Crippen LogP contribution in [0.3, 0.4) is 0 Å². The normalized spacial score (nSPS) is 11.4. The molecular weight excluding hydrogens is 474 g/mol. The molecule has 0 saturated heterocycles. The molecule has 0 aromatic heterocycles. The second-order valence-electron chi connectivity index (χ2n) is 6.38. The van der Waals surface area contributed by atoms with Gasteiger partial charge in [0.05, 0.1) is 0 Å². The van der Waals surface area contributed by atoms with E-state index in [1.165, 1.54) is 62.5 Å². The Balaban J connectivity index is 0.000000332. The fraction of sp³-hybridized carbons (Fsp3) is 0.0385. The summed E-state index contributed by atoms with van der Waals surface area (Å²) < 4.78 is 2.17. The number of hydrogen-bond acceptors (Lipinski definition) is 0. The van der Waals surface area contributed by atoms with Crippen LogP contribution in [0, 0.1) is 7.43 Å². The van der Waals surface area contributed by atoms with Crippen LogP contribution in [0.4, 0.5) is 0 Å². The van der Waals surface area contributed by atoms with Crippen molar-refractivity contribution in [2.24, 2.45) is 0 Å². The van der Waals surface area contributed by atoms with Gasteiger partial charge < -0.3 is 32.2 Å². The van der Waals surface area contributed by atoms with Crippen LogP contribution in [0.5, 0.6) is 0 Å². The van der Waals surface area contributed by atoms with Gasteiger partial charge >= 0.3 is 63.8 Å². The van der Waals surface area contributed by atoms with Crippen molar-refractivity contribution < 1.29 is 49.0 Å². The number of halogens is 2. The molecule has 0 unspecified atom stereocenters. The number of hydrogen-bond donors (Lipinski definition) is 0. The Labute approximate surface area is 200 Å². The molecule has 0 aliphatic heterocycles. The minimum absolute atomic E-state index is 0. The van der Waals surface area contributed by atoms with Crippen LogP contribution in [-0.2, 0) is 24.2 Å². The summed E-state index contributed by atoms with van der Waals surface area (Å²) in [6.07, 6.45) is 7.65. The third kappa shape index (κ3) is 5.70. The molecule has 0 bridgehead atoms. The summed E-state index contributed by atoms with van der Waals surface area (Å²) in [5.41, 5.74) is 4.13. The van der Waals surface area contributed by atoms with Crippen molar-refractivity contribution in [3.8, 4) is 0 Å². The zero-order valence-electron chi connectivity index (χ0n) is 16.3. The van der Waals surface area contributed by atoms with Crippen molar-refractivity contribution in [1.82, 2.24) is 0 Å². The fourth-order valence-corrected chi connectivity index (χ4v) is 3.93. The molecule has 0 saturated carbocycles. The molecule has 4 aromatic rings. The Morgan fingerprint density at radius 2 is 1.48 bits per heavy atom. The van der Waals surface area contributed by atoms with Crippen LogP contribution in [0.25, 0.3) is 27.1 Å². The third-order valence-corrected chi connectivity index (χ3v) is 5.56. The van der Waals surface area contributed by atoms with Crippen molar-refractivity contribution in [2.45, 2.75) is 6.42 Å². The zero-order valence-corrected chi connectivity index (χ0v) is 20.2. The van der Waals surface area contributed by atoms with E-state index in [0.29, 0.717) is 0 Å². The predicted octanol–water partition coefficient (Wildman–Crippen LogP) is 0.897. The molecule has 0 N–H and O–H groups in total. The zero-order chi connectivity index (χ0) is 17.8. The molecule has 0 fully saturated rings. The molecule has 3 heteroatoms. The standard InChI is InChI=1S/C18H13.C7H6.CH3.2ClH.Zr/c1-2-7-13(6-1)15-10-5-11-17-16-9-4-3-8-14(16)12-18(15)17;1-7-5-3-2-4-6-7;;;;/h1-6,8-12H,7H2;1-6H;1H3;2*1H;/q-1;;-1;;;+2/p-2. The number of rotatable bonds is 2. The summed E-state index contributed by atoms with van der Waals surface area (Å²) in [4.78, 5) is 0. The maximum atomic E-state index is 2.32. The first kappa shape index (κ1) is 25.4. The van der Waals surface area contributed by atoms with Gasteiger partial charge in [-0.05, 0) is 6.42 Å². The maximum absolute atomic E-state index is 2.32. The molecule has 29 heavy (non-hydrogen) atoms. The summed E-state index contributed by atoms with van der Waals surface area (Å²) in [6.45, 7) is 0. The Kier molecular flexibility index (Phi) is 10.6. The molecule has 0 amide bonds. The Bertz CT molecular complexity index is 1120. The van der Waals surface area contributed by atoms with Gasteiger partial charge in [-0.3, -0.25) is 0 Å². The first-order valence-electron chi connectivity index (χ1n) is 8.85. The van der Waals surface area contributed by atoms with E-state index in [0.717, 1.165) is 6.42 Å². The fourth-order valence-electron chi connectivity index (χ4n) is 3.46. The summed E-state index contributed by atoms with van der Waals surface area (Å²) in [7, 11) is 0. The molecule has 0 radical (unpaired) electrons. The first-order valence-corrected chi connectivity index (χ1v) is 10.3. The predicted molar refractivity (Wildman–Crippen MR) is 117 cm³/mol. The summed E-state index contributed by atoms with van der Waals surface area (Å²) in [6, 6.07) is 27.9. The molecular formula is C26H22Cl2Zr-2. The van der Waals surface area contributed by atoms with Gasteiger partial charge in [-0.15, -0.1) is 33.7 Å². The average molecular weight is 497 g/mol. The molecule has 1 aliphatic rings. The van der Waals surface area contributed by atoms with Crippen LogP contribution in [0.1, 0.15) is 17.5 Å². The number of fused-ring (bicyclic) bond motifs is 3. The van der Waals surface area contributed by atoms with Crippen LogP contribution in [0.2, 0.25) is 0 Å². The van der Waals surface area contributed by atoms with Crippen molar-refractivity contribution in [3.05, 3.63) is 116 Å². The van der Waals surface area contributed by atoms with Crippen LogP contribution >= 0.6 is 0 Å². The van der Waals surface area contributed by atoms with Gasteiger partial charge in [0.2, 0.25) is 0 Å². The molecule has 0 atom stereocenters. The van der Waals surface area contributed by atoms with E-state index < -0.39 is 0 Å². The Morgan fingerprint density at radius 1 is 0.793 bits per heavy atom. The molecule has 0 nitrogen and oxygen atoms in total. The van der Waals surface area contributed by atoms with Crippen molar-refractivity contribution in [3.63, 3.8) is 0 Å². The first-order chi connectivity index (χ1) is 12.9. The number of allylic oxidation sites excluding steroid dienone is 4. The van der Waals surface area contributed by atoms with Crippen LogP contribution in [0.15, 0.2) is 97.1 Å².